The summed E-state index contributed by atoms with van der Waals surface area (Å²) in [5.41, 5.74) is 0.971. The second-order valence-corrected chi connectivity index (χ2v) is 8.27. The van der Waals surface area contributed by atoms with Crippen LogP contribution < -0.4 is 0 Å². The molecule has 1 aromatic heterocycles. The normalized spacial score (nSPS) is 23.2. The van der Waals surface area contributed by atoms with Gasteiger partial charge in [-0.3, -0.25) is 14.6 Å². The van der Waals surface area contributed by atoms with E-state index < -0.39 is 0 Å². The summed E-state index contributed by atoms with van der Waals surface area (Å²) in [6, 6.07) is 0. The van der Waals surface area contributed by atoms with Crippen LogP contribution in [0, 0.1) is 18.3 Å². The lowest BCUT2D eigenvalue weighted by atomic mass is 9.77. The molecule has 3 aliphatic rings. The lowest BCUT2D eigenvalue weighted by Gasteiger charge is -2.38. The molecule has 26 heavy (non-hydrogen) atoms. The Bertz CT molecular complexity index is 674. The number of aromatic nitrogens is 2. The molecule has 2 saturated heterocycles. The molecule has 0 unspecified atom stereocenters. The highest BCUT2D eigenvalue weighted by molar-refractivity contribution is 5.92. The second kappa shape index (κ2) is 6.97. The van der Waals surface area contributed by atoms with Crippen molar-refractivity contribution in [3.63, 3.8) is 0 Å². The summed E-state index contributed by atoms with van der Waals surface area (Å²) in [5.74, 6) is 0.975. The molecular formula is C20H28N4O2. The van der Waals surface area contributed by atoms with Crippen LogP contribution in [0.25, 0.3) is 0 Å². The van der Waals surface area contributed by atoms with Gasteiger partial charge in [0.2, 0.25) is 5.91 Å². The third-order valence-corrected chi connectivity index (χ3v) is 6.56. The molecule has 2 aliphatic heterocycles. The van der Waals surface area contributed by atoms with Crippen molar-refractivity contribution in [3.8, 4) is 0 Å². The first-order valence-electron chi connectivity index (χ1n) is 9.95. The van der Waals surface area contributed by atoms with Crippen LogP contribution in [-0.4, -0.2) is 57.8 Å². The van der Waals surface area contributed by atoms with E-state index in [1.54, 1.807) is 12.4 Å². The van der Waals surface area contributed by atoms with Crippen LogP contribution in [-0.2, 0) is 4.79 Å². The number of rotatable bonds is 3. The van der Waals surface area contributed by atoms with Crippen molar-refractivity contribution < 1.29 is 9.59 Å². The minimum absolute atomic E-state index is 0.0689. The Morgan fingerprint density at radius 2 is 1.81 bits per heavy atom. The number of hydrogen-bond donors (Lipinski definition) is 0. The van der Waals surface area contributed by atoms with Gasteiger partial charge in [-0.15, -0.1) is 0 Å². The van der Waals surface area contributed by atoms with Gasteiger partial charge in [-0.05, 0) is 44.9 Å². The molecule has 140 valence electrons. The smallest absolute Gasteiger partial charge is 0.274 e. The molecule has 0 bridgehead atoms. The predicted octanol–water partition coefficient (Wildman–Crippen LogP) is 2.43. The van der Waals surface area contributed by atoms with Gasteiger partial charge in [0, 0.05) is 32.4 Å². The summed E-state index contributed by atoms with van der Waals surface area (Å²) in [4.78, 5) is 38.0. The van der Waals surface area contributed by atoms with Crippen molar-refractivity contribution >= 4 is 11.8 Å². The van der Waals surface area contributed by atoms with Crippen LogP contribution in [0.5, 0.6) is 0 Å². The van der Waals surface area contributed by atoms with E-state index in [9.17, 15) is 9.59 Å². The number of likely N-dealkylation sites (tertiary alicyclic amines) is 2. The average molecular weight is 356 g/mol. The number of piperidine rings is 1. The van der Waals surface area contributed by atoms with Crippen molar-refractivity contribution in [2.45, 2.75) is 51.9 Å². The van der Waals surface area contributed by atoms with Crippen LogP contribution in [0.15, 0.2) is 12.4 Å². The highest BCUT2D eigenvalue weighted by Gasteiger charge is 2.48. The number of carbonyl (C=O) groups is 2. The number of carbonyl (C=O) groups excluding carboxylic acids is 2. The highest BCUT2D eigenvalue weighted by Crippen LogP contribution is 2.42. The molecule has 1 spiro atoms. The summed E-state index contributed by atoms with van der Waals surface area (Å²) >= 11 is 0. The largest absolute Gasteiger partial charge is 0.342 e. The van der Waals surface area contributed by atoms with E-state index in [1.807, 2.05) is 11.8 Å². The predicted molar refractivity (Wildman–Crippen MR) is 97.5 cm³/mol. The minimum atomic E-state index is -0.228. The maximum absolute atomic E-state index is 13.1. The van der Waals surface area contributed by atoms with Gasteiger partial charge in [0.25, 0.3) is 5.91 Å². The van der Waals surface area contributed by atoms with Crippen molar-refractivity contribution in [1.29, 1.82) is 0 Å². The lowest BCUT2D eigenvalue weighted by Crippen LogP contribution is -2.47. The Morgan fingerprint density at radius 3 is 2.46 bits per heavy atom. The summed E-state index contributed by atoms with van der Waals surface area (Å²) < 4.78 is 0. The molecule has 6 nitrogen and oxygen atoms in total. The van der Waals surface area contributed by atoms with Crippen molar-refractivity contribution in [2.24, 2.45) is 11.3 Å². The van der Waals surface area contributed by atoms with Crippen LogP contribution in [0.1, 0.15) is 61.1 Å². The zero-order valence-corrected chi connectivity index (χ0v) is 15.6. The van der Waals surface area contributed by atoms with E-state index in [0.29, 0.717) is 30.6 Å². The van der Waals surface area contributed by atoms with Gasteiger partial charge in [-0.25, -0.2) is 4.98 Å². The third kappa shape index (κ3) is 3.21. The Hall–Kier alpha value is -1.98. The summed E-state index contributed by atoms with van der Waals surface area (Å²) in [5, 5.41) is 0. The fourth-order valence-electron chi connectivity index (χ4n) is 4.84. The van der Waals surface area contributed by atoms with Gasteiger partial charge in [-0.2, -0.15) is 0 Å². The fraction of sp³-hybridized carbons (Fsp3) is 0.700. The Morgan fingerprint density at radius 1 is 1.12 bits per heavy atom. The van der Waals surface area contributed by atoms with Crippen molar-refractivity contribution in [3.05, 3.63) is 23.8 Å². The molecule has 3 fully saturated rings. The lowest BCUT2D eigenvalue weighted by molar-refractivity contribution is -0.138. The standard InChI is InChI=1S/C20H28N4O2/c1-15-12-22-17(13-21-15)18(25)23-9-6-20(7-10-23)8-11-24(19(20)26)14-16-4-2-3-5-16/h12-13,16H,2-11,14H2,1H3. The maximum atomic E-state index is 13.1. The monoisotopic (exact) mass is 356 g/mol. The molecule has 0 aromatic carbocycles. The molecule has 0 radical (unpaired) electrons. The topological polar surface area (TPSA) is 66.4 Å². The van der Waals surface area contributed by atoms with E-state index in [4.69, 9.17) is 0 Å². The molecule has 2 amide bonds. The molecule has 4 rings (SSSR count). The number of nitrogens with zero attached hydrogens (tertiary/aromatic N) is 4. The Balaban J connectivity index is 1.36. The van der Waals surface area contributed by atoms with E-state index in [0.717, 1.165) is 38.0 Å². The molecule has 1 aromatic rings. The van der Waals surface area contributed by atoms with E-state index >= 15 is 0 Å². The molecule has 0 N–H and O–H groups in total. The van der Waals surface area contributed by atoms with Gasteiger partial charge in [0.05, 0.1) is 17.3 Å². The zero-order valence-electron chi connectivity index (χ0n) is 15.6. The molecule has 3 heterocycles. The summed E-state index contributed by atoms with van der Waals surface area (Å²) in [6.07, 6.45) is 10.9. The van der Waals surface area contributed by atoms with E-state index in [2.05, 4.69) is 14.9 Å². The van der Waals surface area contributed by atoms with Crippen LogP contribution in [0.4, 0.5) is 0 Å². The molecular weight excluding hydrogens is 328 g/mol. The first-order chi connectivity index (χ1) is 12.6. The molecule has 1 aliphatic carbocycles. The molecule has 0 atom stereocenters. The zero-order chi connectivity index (χ0) is 18.1. The van der Waals surface area contributed by atoms with Gasteiger partial charge >= 0.3 is 0 Å². The number of hydrogen-bond acceptors (Lipinski definition) is 4. The maximum Gasteiger partial charge on any atom is 0.274 e. The van der Waals surface area contributed by atoms with E-state index in [1.165, 1.54) is 25.7 Å². The molecule has 6 heteroatoms. The minimum Gasteiger partial charge on any atom is -0.342 e. The third-order valence-electron chi connectivity index (χ3n) is 6.56. The van der Waals surface area contributed by atoms with Crippen molar-refractivity contribution in [1.82, 2.24) is 19.8 Å². The second-order valence-electron chi connectivity index (χ2n) is 8.27. The first kappa shape index (κ1) is 17.4. The number of amides is 2. The molecule has 1 saturated carbocycles. The van der Waals surface area contributed by atoms with Crippen LogP contribution in [0.3, 0.4) is 0 Å². The summed E-state index contributed by atoms with van der Waals surface area (Å²) in [6.45, 7) is 4.97. The van der Waals surface area contributed by atoms with E-state index in [-0.39, 0.29) is 11.3 Å². The SMILES string of the molecule is Cc1cnc(C(=O)N2CCC3(CC2)CCN(CC2CCCC2)C3=O)cn1. The summed E-state index contributed by atoms with van der Waals surface area (Å²) in [7, 11) is 0. The Labute approximate surface area is 155 Å². The number of aryl methyl sites for hydroxylation is 1. The van der Waals surface area contributed by atoms with Gasteiger partial charge in [-0.1, -0.05) is 12.8 Å². The van der Waals surface area contributed by atoms with Crippen LogP contribution >= 0.6 is 0 Å². The van der Waals surface area contributed by atoms with Gasteiger partial charge in [0.1, 0.15) is 5.69 Å². The Kier molecular flexibility index (Phi) is 4.67. The quantitative estimate of drug-likeness (QED) is 0.834. The van der Waals surface area contributed by atoms with Gasteiger partial charge in [0.15, 0.2) is 0 Å². The van der Waals surface area contributed by atoms with Gasteiger partial charge < -0.3 is 9.80 Å². The first-order valence-corrected chi connectivity index (χ1v) is 9.95. The van der Waals surface area contributed by atoms with Crippen molar-refractivity contribution in [2.75, 3.05) is 26.2 Å². The highest BCUT2D eigenvalue weighted by atomic mass is 16.2. The average Bonchev–Trinajstić information content (AvgIpc) is 3.27. The fourth-order valence-corrected chi connectivity index (χ4v) is 4.84. The van der Waals surface area contributed by atoms with Crippen LogP contribution in [0.2, 0.25) is 0 Å².